The van der Waals surface area contributed by atoms with Gasteiger partial charge in [0, 0.05) is 24.7 Å². The fourth-order valence-corrected chi connectivity index (χ4v) is 2.96. The highest BCUT2D eigenvalue weighted by molar-refractivity contribution is 5.94. The average molecular weight is 296 g/mol. The standard InChI is InChI=1S/C15H18F2N2O2/c16-13-4-3-10(6-14(13)17)15(20)18-7-12-8-19-5-1-2-11(19)9-21-12/h3-4,6,11-12H,1-2,5,7-9H2,(H,18,20)/t11-,12+/m1/s1. The van der Waals surface area contributed by atoms with Gasteiger partial charge < -0.3 is 10.1 Å². The van der Waals surface area contributed by atoms with Crippen LogP contribution in [-0.2, 0) is 4.74 Å². The number of amides is 1. The first-order valence-corrected chi connectivity index (χ1v) is 7.22. The van der Waals surface area contributed by atoms with Gasteiger partial charge in [-0.3, -0.25) is 9.69 Å². The third-order valence-corrected chi connectivity index (χ3v) is 4.13. The minimum atomic E-state index is -1.02. The molecule has 2 atom stereocenters. The van der Waals surface area contributed by atoms with E-state index in [1.807, 2.05) is 0 Å². The molecule has 114 valence electrons. The number of carbonyl (C=O) groups is 1. The average Bonchev–Trinajstić information content (AvgIpc) is 2.95. The Morgan fingerprint density at radius 2 is 2.24 bits per heavy atom. The van der Waals surface area contributed by atoms with E-state index in [0.29, 0.717) is 19.2 Å². The third kappa shape index (κ3) is 3.22. The largest absolute Gasteiger partial charge is 0.373 e. The lowest BCUT2D eigenvalue weighted by Gasteiger charge is -2.35. The van der Waals surface area contributed by atoms with Gasteiger partial charge in [0.05, 0.1) is 12.7 Å². The van der Waals surface area contributed by atoms with Gasteiger partial charge in [-0.15, -0.1) is 0 Å². The summed E-state index contributed by atoms with van der Waals surface area (Å²) in [5, 5.41) is 2.72. The predicted octanol–water partition coefficient (Wildman–Crippen LogP) is 1.56. The number of halogens is 2. The molecule has 1 aromatic rings. The van der Waals surface area contributed by atoms with Crippen LogP contribution in [0.25, 0.3) is 0 Å². The van der Waals surface area contributed by atoms with Gasteiger partial charge >= 0.3 is 0 Å². The third-order valence-electron chi connectivity index (χ3n) is 4.13. The van der Waals surface area contributed by atoms with Crippen LogP contribution in [0.4, 0.5) is 8.78 Å². The lowest BCUT2D eigenvalue weighted by Crippen LogP contribution is -2.50. The first-order chi connectivity index (χ1) is 10.1. The maximum absolute atomic E-state index is 13.1. The minimum Gasteiger partial charge on any atom is -0.373 e. The van der Waals surface area contributed by atoms with Crippen molar-refractivity contribution in [3.05, 3.63) is 35.4 Å². The van der Waals surface area contributed by atoms with Crippen LogP contribution < -0.4 is 5.32 Å². The van der Waals surface area contributed by atoms with Crippen LogP contribution in [0.15, 0.2) is 18.2 Å². The molecule has 2 aliphatic rings. The Morgan fingerprint density at radius 1 is 1.38 bits per heavy atom. The number of hydrogen-bond donors (Lipinski definition) is 1. The van der Waals surface area contributed by atoms with Crippen molar-refractivity contribution in [3.8, 4) is 0 Å². The first-order valence-electron chi connectivity index (χ1n) is 7.22. The van der Waals surface area contributed by atoms with Crippen LogP contribution in [0.5, 0.6) is 0 Å². The molecule has 1 aromatic carbocycles. The molecule has 1 N–H and O–H groups in total. The topological polar surface area (TPSA) is 41.6 Å². The molecule has 0 unspecified atom stereocenters. The van der Waals surface area contributed by atoms with Crippen molar-refractivity contribution in [2.24, 2.45) is 0 Å². The molecular formula is C15H18F2N2O2. The fraction of sp³-hybridized carbons (Fsp3) is 0.533. The van der Waals surface area contributed by atoms with E-state index in [9.17, 15) is 13.6 Å². The van der Waals surface area contributed by atoms with Crippen molar-refractivity contribution in [2.45, 2.75) is 25.0 Å². The highest BCUT2D eigenvalue weighted by Crippen LogP contribution is 2.22. The molecule has 2 aliphatic heterocycles. The number of ether oxygens (including phenoxy) is 1. The molecule has 4 nitrogen and oxygen atoms in total. The van der Waals surface area contributed by atoms with Crippen molar-refractivity contribution in [3.63, 3.8) is 0 Å². The SMILES string of the molecule is O=C(NC[C@H]1CN2CCC[C@@H]2CO1)c1ccc(F)c(F)c1. The van der Waals surface area contributed by atoms with Gasteiger partial charge in [0.2, 0.25) is 0 Å². The second kappa shape index (κ2) is 6.07. The van der Waals surface area contributed by atoms with Crippen LogP contribution in [-0.4, -0.2) is 49.2 Å². The molecule has 21 heavy (non-hydrogen) atoms. The Morgan fingerprint density at radius 3 is 3.05 bits per heavy atom. The minimum absolute atomic E-state index is 0.0476. The fourth-order valence-electron chi connectivity index (χ4n) is 2.96. The maximum atomic E-state index is 13.1. The quantitative estimate of drug-likeness (QED) is 0.920. The monoisotopic (exact) mass is 296 g/mol. The Kier molecular flexibility index (Phi) is 4.17. The van der Waals surface area contributed by atoms with E-state index in [2.05, 4.69) is 10.2 Å². The van der Waals surface area contributed by atoms with Crippen LogP contribution in [0.3, 0.4) is 0 Å². The van der Waals surface area contributed by atoms with Crippen molar-refractivity contribution >= 4 is 5.91 Å². The predicted molar refractivity (Wildman–Crippen MR) is 73.0 cm³/mol. The lowest BCUT2D eigenvalue weighted by molar-refractivity contribution is -0.0461. The van der Waals surface area contributed by atoms with Gasteiger partial charge in [-0.25, -0.2) is 8.78 Å². The second-order valence-electron chi connectivity index (χ2n) is 5.59. The summed E-state index contributed by atoms with van der Waals surface area (Å²) in [7, 11) is 0. The van der Waals surface area contributed by atoms with E-state index in [-0.39, 0.29) is 11.7 Å². The van der Waals surface area contributed by atoms with Crippen LogP contribution >= 0.6 is 0 Å². The number of morpholine rings is 1. The number of benzene rings is 1. The number of nitrogens with zero attached hydrogens (tertiary/aromatic N) is 1. The summed E-state index contributed by atoms with van der Waals surface area (Å²) < 4.78 is 31.7. The molecule has 0 aromatic heterocycles. The van der Waals surface area contributed by atoms with Crippen molar-refractivity contribution in [1.29, 1.82) is 0 Å². The van der Waals surface area contributed by atoms with Gasteiger partial charge in [0.15, 0.2) is 11.6 Å². The first kappa shape index (κ1) is 14.4. The van der Waals surface area contributed by atoms with E-state index < -0.39 is 17.5 Å². The number of hydrogen-bond acceptors (Lipinski definition) is 3. The summed E-state index contributed by atoms with van der Waals surface area (Å²) in [5.41, 5.74) is 0.115. The molecule has 0 saturated carbocycles. The molecule has 3 rings (SSSR count). The van der Waals surface area contributed by atoms with Gasteiger partial charge in [-0.1, -0.05) is 0 Å². The molecule has 0 bridgehead atoms. The number of nitrogens with one attached hydrogen (secondary N) is 1. The van der Waals surface area contributed by atoms with Crippen molar-refractivity contribution < 1.29 is 18.3 Å². The Labute approximate surface area is 122 Å². The highest BCUT2D eigenvalue weighted by atomic mass is 19.2. The van der Waals surface area contributed by atoms with Gasteiger partial charge in [0.25, 0.3) is 5.91 Å². The molecular weight excluding hydrogens is 278 g/mol. The van der Waals surface area contributed by atoms with Crippen molar-refractivity contribution in [2.75, 3.05) is 26.2 Å². The Bertz CT molecular complexity index is 538. The normalized spacial score (nSPS) is 25.6. The van der Waals surface area contributed by atoms with Gasteiger partial charge in [-0.2, -0.15) is 0 Å². The summed E-state index contributed by atoms with van der Waals surface area (Å²) in [6.07, 6.45) is 2.32. The maximum Gasteiger partial charge on any atom is 0.251 e. The number of fused-ring (bicyclic) bond motifs is 1. The molecule has 2 saturated heterocycles. The van der Waals surface area contributed by atoms with E-state index in [1.54, 1.807) is 0 Å². The molecule has 1 amide bonds. The molecule has 6 heteroatoms. The zero-order valence-electron chi connectivity index (χ0n) is 11.6. The van der Waals surface area contributed by atoms with Crippen LogP contribution in [0.1, 0.15) is 23.2 Å². The summed E-state index contributed by atoms with van der Waals surface area (Å²) in [6, 6.07) is 3.65. The van der Waals surface area contributed by atoms with E-state index in [0.717, 1.165) is 25.2 Å². The highest BCUT2D eigenvalue weighted by Gasteiger charge is 2.32. The summed E-state index contributed by atoms with van der Waals surface area (Å²) in [5.74, 6) is -2.39. The van der Waals surface area contributed by atoms with Gasteiger partial charge in [0.1, 0.15) is 0 Å². The molecule has 2 fully saturated rings. The lowest BCUT2D eigenvalue weighted by atomic mass is 10.1. The smallest absolute Gasteiger partial charge is 0.251 e. The Balaban J connectivity index is 1.52. The number of rotatable bonds is 3. The second-order valence-corrected chi connectivity index (χ2v) is 5.59. The zero-order valence-corrected chi connectivity index (χ0v) is 11.6. The van der Waals surface area contributed by atoms with Crippen LogP contribution in [0.2, 0.25) is 0 Å². The van der Waals surface area contributed by atoms with Crippen molar-refractivity contribution in [1.82, 2.24) is 10.2 Å². The van der Waals surface area contributed by atoms with E-state index >= 15 is 0 Å². The summed E-state index contributed by atoms with van der Waals surface area (Å²) in [4.78, 5) is 14.3. The molecule has 0 radical (unpaired) electrons. The summed E-state index contributed by atoms with van der Waals surface area (Å²) >= 11 is 0. The van der Waals surface area contributed by atoms with E-state index in [4.69, 9.17) is 4.74 Å². The molecule has 0 spiro atoms. The zero-order chi connectivity index (χ0) is 14.8. The summed E-state index contributed by atoms with van der Waals surface area (Å²) in [6.45, 7) is 2.97. The van der Waals surface area contributed by atoms with Crippen LogP contribution in [0, 0.1) is 11.6 Å². The van der Waals surface area contributed by atoms with E-state index in [1.165, 1.54) is 18.9 Å². The number of carbonyl (C=O) groups excluding carboxylic acids is 1. The molecule has 0 aliphatic carbocycles. The Hall–Kier alpha value is -1.53. The molecule has 2 heterocycles. The van der Waals surface area contributed by atoms with Gasteiger partial charge in [-0.05, 0) is 37.6 Å².